The molecule has 0 aliphatic carbocycles. The van der Waals surface area contributed by atoms with E-state index in [2.05, 4.69) is 26.3 Å². The molecule has 1 amide bonds. The Hall–Kier alpha value is -3.19. The van der Waals surface area contributed by atoms with Crippen LogP contribution >= 0.6 is 0 Å². The molecule has 7 nitrogen and oxygen atoms in total. The zero-order valence-corrected chi connectivity index (χ0v) is 17.8. The van der Waals surface area contributed by atoms with Crippen LogP contribution in [0.5, 0.6) is 5.75 Å². The number of H-pyrrole nitrogens is 1. The van der Waals surface area contributed by atoms with Crippen LogP contribution in [-0.4, -0.2) is 47.5 Å². The monoisotopic (exact) mass is 420 g/mol. The summed E-state index contributed by atoms with van der Waals surface area (Å²) in [6.07, 6.45) is 3.01. The minimum atomic E-state index is -0.173. The largest absolute Gasteiger partial charge is 0.497 e. The highest BCUT2D eigenvalue weighted by atomic mass is 16.5. The summed E-state index contributed by atoms with van der Waals surface area (Å²) in [7, 11) is 1.66. The highest BCUT2D eigenvalue weighted by Crippen LogP contribution is 2.27. The van der Waals surface area contributed by atoms with Crippen molar-refractivity contribution in [1.29, 1.82) is 0 Å². The van der Waals surface area contributed by atoms with Gasteiger partial charge in [-0.3, -0.25) is 14.5 Å². The summed E-state index contributed by atoms with van der Waals surface area (Å²) in [5, 5.41) is 3.63. The Morgan fingerprint density at radius 1 is 1.19 bits per heavy atom. The second-order valence-corrected chi connectivity index (χ2v) is 7.87. The number of hydrogen-bond donors (Lipinski definition) is 2. The molecule has 2 heterocycles. The van der Waals surface area contributed by atoms with Crippen LogP contribution in [0, 0.1) is 0 Å². The van der Waals surface area contributed by atoms with Gasteiger partial charge in [-0.25, -0.2) is 4.98 Å². The van der Waals surface area contributed by atoms with Crippen LogP contribution in [-0.2, 0) is 11.2 Å². The van der Waals surface area contributed by atoms with Gasteiger partial charge in [-0.1, -0.05) is 24.3 Å². The van der Waals surface area contributed by atoms with Crippen LogP contribution in [0.3, 0.4) is 0 Å². The zero-order valence-electron chi connectivity index (χ0n) is 17.8. The molecule has 0 radical (unpaired) electrons. The third kappa shape index (κ3) is 5.11. The molecule has 0 spiro atoms. The quantitative estimate of drug-likeness (QED) is 0.585. The number of methoxy groups -OCH3 is 1. The van der Waals surface area contributed by atoms with Gasteiger partial charge in [0.05, 0.1) is 24.1 Å². The molecule has 7 heteroatoms. The predicted octanol–water partition coefficient (Wildman–Crippen LogP) is 2.82. The van der Waals surface area contributed by atoms with E-state index in [0.29, 0.717) is 29.7 Å². The molecule has 0 unspecified atom stereocenters. The number of ether oxygens (including phenoxy) is 1. The fraction of sp³-hybridized carbons (Fsp3) is 0.375. The van der Waals surface area contributed by atoms with Gasteiger partial charge in [0.25, 0.3) is 5.56 Å². The van der Waals surface area contributed by atoms with Crippen LogP contribution < -0.4 is 15.6 Å². The number of fused-ring (bicyclic) bond motifs is 1. The van der Waals surface area contributed by atoms with Crippen LogP contribution in [0.15, 0.2) is 53.3 Å². The molecule has 4 rings (SSSR count). The molecular weight excluding hydrogens is 392 g/mol. The Kier molecular flexibility index (Phi) is 6.62. The van der Waals surface area contributed by atoms with Gasteiger partial charge < -0.3 is 15.0 Å². The fourth-order valence-electron chi connectivity index (χ4n) is 4.14. The van der Waals surface area contributed by atoms with Gasteiger partial charge in [0.1, 0.15) is 11.6 Å². The standard InChI is InChI=1S/C24H28N4O3/c1-31-18-8-6-7-17(15-18)21(28-13-4-5-14-28)16-25-23(29)12-11-22-26-20-10-3-2-9-19(20)24(30)27-22/h2-3,6-10,15,21H,4-5,11-14,16H2,1H3,(H,25,29)(H,26,27,30)/t21-/m0/s1. The molecule has 1 fully saturated rings. The summed E-state index contributed by atoms with van der Waals surface area (Å²) in [5.41, 5.74) is 1.61. The number of likely N-dealkylation sites (tertiary alicyclic amines) is 1. The minimum absolute atomic E-state index is 0.0529. The molecule has 0 bridgehead atoms. The van der Waals surface area contributed by atoms with Crippen molar-refractivity contribution in [2.45, 2.75) is 31.7 Å². The number of amides is 1. The average Bonchev–Trinajstić information content (AvgIpc) is 3.33. The van der Waals surface area contributed by atoms with Gasteiger partial charge in [0, 0.05) is 19.4 Å². The van der Waals surface area contributed by atoms with Gasteiger partial charge in [-0.15, -0.1) is 0 Å². The first-order valence-corrected chi connectivity index (χ1v) is 10.8. The molecule has 1 aromatic heterocycles. The van der Waals surface area contributed by atoms with Crippen LogP contribution in [0.25, 0.3) is 10.9 Å². The second kappa shape index (κ2) is 9.75. The lowest BCUT2D eigenvalue weighted by molar-refractivity contribution is -0.121. The van der Waals surface area contributed by atoms with Crippen molar-refractivity contribution in [3.63, 3.8) is 0 Å². The van der Waals surface area contributed by atoms with Gasteiger partial charge in [0.2, 0.25) is 5.91 Å². The van der Waals surface area contributed by atoms with Crippen molar-refractivity contribution >= 4 is 16.8 Å². The van der Waals surface area contributed by atoms with Crippen molar-refractivity contribution in [3.05, 3.63) is 70.3 Å². The number of nitrogens with one attached hydrogen (secondary N) is 2. The number of hydrogen-bond acceptors (Lipinski definition) is 5. The summed E-state index contributed by atoms with van der Waals surface area (Å²) in [6.45, 7) is 2.59. The Morgan fingerprint density at radius 3 is 2.81 bits per heavy atom. The van der Waals surface area contributed by atoms with Crippen LogP contribution in [0.1, 0.15) is 36.7 Å². The average molecular weight is 421 g/mol. The smallest absolute Gasteiger partial charge is 0.258 e. The topological polar surface area (TPSA) is 87.3 Å². The molecule has 1 atom stereocenters. The van der Waals surface area contributed by atoms with Crippen molar-refractivity contribution < 1.29 is 9.53 Å². The second-order valence-electron chi connectivity index (χ2n) is 7.87. The number of rotatable bonds is 8. The Bertz CT molecular complexity index is 1110. The van der Waals surface area contributed by atoms with E-state index in [-0.39, 0.29) is 23.9 Å². The van der Waals surface area contributed by atoms with E-state index in [1.54, 1.807) is 13.2 Å². The number of nitrogens with zero attached hydrogens (tertiary/aromatic N) is 2. The predicted molar refractivity (Wildman–Crippen MR) is 120 cm³/mol. The third-order valence-corrected chi connectivity index (χ3v) is 5.80. The molecule has 1 saturated heterocycles. The number of carbonyl (C=O) groups is 1. The van der Waals surface area contributed by atoms with Crippen molar-refractivity contribution in [1.82, 2.24) is 20.2 Å². The maximum Gasteiger partial charge on any atom is 0.258 e. The van der Waals surface area contributed by atoms with Gasteiger partial charge in [-0.2, -0.15) is 0 Å². The Labute approximate surface area is 181 Å². The first-order chi connectivity index (χ1) is 15.1. The lowest BCUT2D eigenvalue weighted by Crippen LogP contribution is -2.37. The zero-order chi connectivity index (χ0) is 21.6. The number of aromatic nitrogens is 2. The molecule has 31 heavy (non-hydrogen) atoms. The van der Waals surface area contributed by atoms with E-state index >= 15 is 0 Å². The van der Waals surface area contributed by atoms with E-state index in [1.165, 1.54) is 12.8 Å². The maximum atomic E-state index is 12.6. The molecule has 2 N–H and O–H groups in total. The number of carbonyl (C=O) groups excluding carboxylic acids is 1. The van der Waals surface area contributed by atoms with E-state index < -0.39 is 0 Å². The van der Waals surface area contributed by atoms with Crippen molar-refractivity contribution in [2.24, 2.45) is 0 Å². The molecule has 162 valence electrons. The summed E-state index contributed by atoms with van der Waals surface area (Å²) < 4.78 is 5.38. The number of aryl methyl sites for hydroxylation is 1. The molecule has 2 aromatic carbocycles. The SMILES string of the molecule is COc1cccc([C@H](CNC(=O)CCc2nc3ccccc3c(=O)[nH]2)N2CCCC2)c1. The van der Waals surface area contributed by atoms with Crippen LogP contribution in [0.4, 0.5) is 0 Å². The number of para-hydroxylation sites is 1. The van der Waals surface area contributed by atoms with Gasteiger partial charge in [0.15, 0.2) is 0 Å². The molecule has 3 aromatic rings. The molecule has 1 aliphatic rings. The maximum absolute atomic E-state index is 12.6. The van der Waals surface area contributed by atoms with E-state index in [1.807, 2.05) is 36.4 Å². The molecule has 1 aliphatic heterocycles. The highest BCUT2D eigenvalue weighted by molar-refractivity contribution is 5.78. The third-order valence-electron chi connectivity index (χ3n) is 5.80. The first-order valence-electron chi connectivity index (χ1n) is 10.8. The van der Waals surface area contributed by atoms with E-state index in [4.69, 9.17) is 4.74 Å². The van der Waals surface area contributed by atoms with Gasteiger partial charge >= 0.3 is 0 Å². The van der Waals surface area contributed by atoms with Crippen molar-refractivity contribution in [3.8, 4) is 5.75 Å². The van der Waals surface area contributed by atoms with Crippen molar-refractivity contribution in [2.75, 3.05) is 26.7 Å². The van der Waals surface area contributed by atoms with Crippen LogP contribution in [0.2, 0.25) is 0 Å². The number of aromatic amines is 1. The lowest BCUT2D eigenvalue weighted by Gasteiger charge is -2.28. The fourth-order valence-corrected chi connectivity index (χ4v) is 4.14. The van der Waals surface area contributed by atoms with E-state index in [0.717, 1.165) is 24.4 Å². The Balaban J connectivity index is 1.39. The molecule has 0 saturated carbocycles. The summed E-state index contributed by atoms with van der Waals surface area (Å²) in [5.74, 6) is 1.30. The summed E-state index contributed by atoms with van der Waals surface area (Å²) in [6, 6.07) is 15.4. The lowest BCUT2D eigenvalue weighted by atomic mass is 10.0. The first kappa shape index (κ1) is 21.1. The molecular formula is C24H28N4O3. The number of benzene rings is 2. The normalized spacial score (nSPS) is 15.1. The highest BCUT2D eigenvalue weighted by Gasteiger charge is 2.24. The van der Waals surface area contributed by atoms with Gasteiger partial charge in [-0.05, 0) is 55.8 Å². The summed E-state index contributed by atoms with van der Waals surface area (Å²) in [4.78, 5) is 34.4. The Morgan fingerprint density at radius 2 is 2.00 bits per heavy atom. The minimum Gasteiger partial charge on any atom is -0.497 e. The summed E-state index contributed by atoms with van der Waals surface area (Å²) >= 11 is 0. The van der Waals surface area contributed by atoms with E-state index in [9.17, 15) is 9.59 Å².